The van der Waals surface area contributed by atoms with Crippen LogP contribution in [0.25, 0.3) is 0 Å². The first-order chi connectivity index (χ1) is 8.95. The molecule has 108 valence electrons. The Morgan fingerprint density at radius 2 is 1.84 bits per heavy atom. The monoisotopic (exact) mass is 273 g/mol. The summed E-state index contributed by atoms with van der Waals surface area (Å²) in [5, 5.41) is 11.3. The van der Waals surface area contributed by atoms with E-state index in [1.807, 2.05) is 0 Å². The second-order valence-corrected chi connectivity index (χ2v) is 4.27. The third-order valence-electron chi connectivity index (χ3n) is 3.12. The van der Waals surface area contributed by atoms with Crippen LogP contribution in [0, 0.1) is 0 Å². The molecule has 0 spiro atoms. The van der Waals surface area contributed by atoms with Gasteiger partial charge in [-0.1, -0.05) is 0 Å². The first kappa shape index (κ1) is 15.2. The number of ether oxygens (including phenoxy) is 1. The predicted octanol–water partition coefficient (Wildman–Crippen LogP) is -1.04. The molecule has 2 amide bonds. The number of nitrogens with one attached hydrogen (secondary N) is 1. The van der Waals surface area contributed by atoms with E-state index in [1.54, 1.807) is 16.7 Å². The Bertz CT molecular complexity index is 352. The van der Waals surface area contributed by atoms with Crippen LogP contribution in [-0.4, -0.2) is 78.8 Å². The van der Waals surface area contributed by atoms with Crippen molar-refractivity contribution in [2.45, 2.75) is 13.0 Å². The van der Waals surface area contributed by atoms with Crippen LogP contribution in [-0.2, 0) is 14.3 Å². The summed E-state index contributed by atoms with van der Waals surface area (Å²) in [7, 11) is 1.25. The molecule has 1 heterocycles. The van der Waals surface area contributed by atoms with Gasteiger partial charge < -0.3 is 20.1 Å². The Morgan fingerprint density at radius 1 is 1.26 bits per heavy atom. The summed E-state index contributed by atoms with van der Waals surface area (Å²) in [6.07, 6.45) is 0. The van der Waals surface area contributed by atoms with Crippen molar-refractivity contribution in [3.05, 3.63) is 0 Å². The van der Waals surface area contributed by atoms with Crippen molar-refractivity contribution < 1.29 is 24.2 Å². The lowest BCUT2D eigenvalue weighted by atomic mass is 10.2. The van der Waals surface area contributed by atoms with Crippen LogP contribution in [0.5, 0.6) is 0 Å². The molecule has 0 saturated carbocycles. The second kappa shape index (κ2) is 6.93. The van der Waals surface area contributed by atoms with Crippen LogP contribution in [0.15, 0.2) is 0 Å². The van der Waals surface area contributed by atoms with Gasteiger partial charge in [-0.15, -0.1) is 0 Å². The second-order valence-electron chi connectivity index (χ2n) is 4.27. The molecule has 0 aromatic heterocycles. The van der Waals surface area contributed by atoms with Crippen LogP contribution >= 0.6 is 0 Å². The van der Waals surface area contributed by atoms with Crippen molar-refractivity contribution >= 4 is 18.0 Å². The molecule has 1 aliphatic rings. The SMILES string of the molecule is COC(=O)CNC(=O)N1CCN(C(C)C(=O)O)CC1. The summed E-state index contributed by atoms with van der Waals surface area (Å²) in [5.41, 5.74) is 0. The summed E-state index contributed by atoms with van der Waals surface area (Å²) in [6, 6.07) is -0.895. The molecule has 0 radical (unpaired) electrons. The zero-order valence-electron chi connectivity index (χ0n) is 11.1. The van der Waals surface area contributed by atoms with Crippen LogP contribution in [0.2, 0.25) is 0 Å². The smallest absolute Gasteiger partial charge is 0.325 e. The quantitative estimate of drug-likeness (QED) is 0.635. The number of carbonyl (C=O) groups excluding carboxylic acids is 2. The Labute approximate surface area is 111 Å². The molecule has 1 fully saturated rings. The van der Waals surface area contributed by atoms with Crippen molar-refractivity contribution in [2.75, 3.05) is 39.8 Å². The van der Waals surface area contributed by atoms with Gasteiger partial charge in [0.15, 0.2) is 0 Å². The van der Waals surface area contributed by atoms with Crippen molar-refractivity contribution in [3.8, 4) is 0 Å². The van der Waals surface area contributed by atoms with Gasteiger partial charge in [0.05, 0.1) is 7.11 Å². The average Bonchev–Trinajstić information content (AvgIpc) is 2.43. The summed E-state index contributed by atoms with van der Waals surface area (Å²) in [5.74, 6) is -1.38. The number of aliphatic carboxylic acids is 1. The molecule has 19 heavy (non-hydrogen) atoms. The van der Waals surface area contributed by atoms with Crippen LogP contribution in [0.1, 0.15) is 6.92 Å². The lowest BCUT2D eigenvalue weighted by molar-refractivity contribution is -0.143. The van der Waals surface area contributed by atoms with E-state index in [0.717, 1.165) is 0 Å². The molecule has 8 heteroatoms. The van der Waals surface area contributed by atoms with Gasteiger partial charge in [-0.3, -0.25) is 14.5 Å². The number of carbonyl (C=O) groups is 3. The van der Waals surface area contributed by atoms with E-state index < -0.39 is 18.0 Å². The minimum atomic E-state index is -0.872. The molecular weight excluding hydrogens is 254 g/mol. The van der Waals surface area contributed by atoms with Gasteiger partial charge >= 0.3 is 18.0 Å². The van der Waals surface area contributed by atoms with Crippen LogP contribution < -0.4 is 5.32 Å². The van der Waals surface area contributed by atoms with E-state index >= 15 is 0 Å². The zero-order chi connectivity index (χ0) is 14.4. The molecule has 0 aromatic carbocycles. The summed E-state index contributed by atoms with van der Waals surface area (Å²) >= 11 is 0. The maximum Gasteiger partial charge on any atom is 0.325 e. The number of hydrogen-bond donors (Lipinski definition) is 2. The minimum Gasteiger partial charge on any atom is -0.480 e. The fraction of sp³-hybridized carbons (Fsp3) is 0.727. The Kier molecular flexibility index (Phi) is 5.56. The molecule has 0 aromatic rings. The standard InChI is InChI=1S/C11H19N3O5/c1-8(10(16)17)13-3-5-14(6-4-13)11(18)12-7-9(15)19-2/h8H,3-7H2,1-2H3,(H,12,18)(H,16,17). The maximum atomic E-state index is 11.7. The zero-order valence-corrected chi connectivity index (χ0v) is 11.1. The highest BCUT2D eigenvalue weighted by molar-refractivity contribution is 5.80. The van der Waals surface area contributed by atoms with E-state index in [0.29, 0.717) is 26.2 Å². The maximum absolute atomic E-state index is 11.7. The molecule has 8 nitrogen and oxygen atoms in total. The van der Waals surface area contributed by atoms with E-state index in [9.17, 15) is 14.4 Å². The number of urea groups is 1. The van der Waals surface area contributed by atoms with Gasteiger partial charge in [0, 0.05) is 26.2 Å². The molecule has 1 unspecified atom stereocenters. The Morgan fingerprint density at radius 3 is 2.32 bits per heavy atom. The van der Waals surface area contributed by atoms with Gasteiger partial charge in [-0.05, 0) is 6.92 Å². The normalized spacial score (nSPS) is 17.7. The summed E-state index contributed by atoms with van der Waals surface area (Å²) < 4.78 is 4.42. The van der Waals surface area contributed by atoms with Gasteiger partial charge in [0.25, 0.3) is 0 Å². The van der Waals surface area contributed by atoms with Gasteiger partial charge in [0.1, 0.15) is 12.6 Å². The van der Waals surface area contributed by atoms with Gasteiger partial charge in [-0.2, -0.15) is 0 Å². The van der Waals surface area contributed by atoms with Gasteiger partial charge in [-0.25, -0.2) is 4.79 Å². The molecule has 0 bridgehead atoms. The van der Waals surface area contributed by atoms with E-state index in [1.165, 1.54) is 7.11 Å². The number of methoxy groups -OCH3 is 1. The highest BCUT2D eigenvalue weighted by Gasteiger charge is 2.27. The topological polar surface area (TPSA) is 99.2 Å². The van der Waals surface area contributed by atoms with Crippen molar-refractivity contribution in [1.82, 2.24) is 15.1 Å². The summed E-state index contributed by atoms with van der Waals surface area (Å²) in [4.78, 5) is 36.8. The van der Waals surface area contributed by atoms with Crippen molar-refractivity contribution in [3.63, 3.8) is 0 Å². The molecule has 1 atom stereocenters. The lowest BCUT2D eigenvalue weighted by Gasteiger charge is -2.36. The summed E-state index contributed by atoms with van der Waals surface area (Å²) in [6.45, 7) is 3.32. The van der Waals surface area contributed by atoms with Crippen molar-refractivity contribution in [1.29, 1.82) is 0 Å². The van der Waals surface area contributed by atoms with Gasteiger partial charge in [0.2, 0.25) is 0 Å². The molecule has 1 rings (SSSR count). The Hall–Kier alpha value is -1.83. The number of rotatable bonds is 4. The fourth-order valence-electron chi connectivity index (χ4n) is 1.80. The number of carboxylic acids is 1. The Balaban J connectivity index is 2.35. The van der Waals surface area contributed by atoms with E-state index in [4.69, 9.17) is 5.11 Å². The number of hydrogen-bond acceptors (Lipinski definition) is 5. The average molecular weight is 273 g/mol. The number of nitrogens with zero attached hydrogens (tertiary/aromatic N) is 2. The molecule has 2 N–H and O–H groups in total. The first-order valence-electron chi connectivity index (χ1n) is 6.02. The number of amides is 2. The predicted molar refractivity (Wildman–Crippen MR) is 65.7 cm³/mol. The number of carboxylic acid groups (broad SMARTS) is 1. The first-order valence-corrected chi connectivity index (χ1v) is 6.02. The number of piperazine rings is 1. The highest BCUT2D eigenvalue weighted by Crippen LogP contribution is 2.06. The molecule has 1 saturated heterocycles. The van der Waals surface area contributed by atoms with Crippen LogP contribution in [0.4, 0.5) is 4.79 Å². The third-order valence-corrected chi connectivity index (χ3v) is 3.12. The van der Waals surface area contributed by atoms with E-state index in [2.05, 4.69) is 10.1 Å². The number of esters is 1. The van der Waals surface area contributed by atoms with E-state index in [-0.39, 0.29) is 12.6 Å². The molecule has 1 aliphatic heterocycles. The minimum absolute atomic E-state index is 0.166. The molecule has 0 aliphatic carbocycles. The van der Waals surface area contributed by atoms with Crippen LogP contribution in [0.3, 0.4) is 0 Å². The van der Waals surface area contributed by atoms with Crippen molar-refractivity contribution in [2.24, 2.45) is 0 Å². The largest absolute Gasteiger partial charge is 0.480 e. The lowest BCUT2D eigenvalue weighted by Crippen LogP contribution is -2.55. The fourth-order valence-corrected chi connectivity index (χ4v) is 1.80. The molecular formula is C11H19N3O5. The highest BCUT2D eigenvalue weighted by atomic mass is 16.5. The third kappa shape index (κ3) is 4.40.